The molecule has 1 aromatic heterocycles. The van der Waals surface area contributed by atoms with E-state index >= 15 is 0 Å². The van der Waals surface area contributed by atoms with Gasteiger partial charge in [0.1, 0.15) is 12.3 Å². The van der Waals surface area contributed by atoms with Gasteiger partial charge in [-0.25, -0.2) is 9.59 Å². The van der Waals surface area contributed by atoms with Crippen LogP contribution in [0.4, 0.5) is 5.69 Å². The third-order valence-electron chi connectivity index (χ3n) is 4.09. The molecule has 1 aliphatic rings. The molecule has 2 aromatic rings. The van der Waals surface area contributed by atoms with Crippen LogP contribution in [0.3, 0.4) is 0 Å². The number of rotatable bonds is 4. The van der Waals surface area contributed by atoms with Crippen molar-refractivity contribution in [2.24, 2.45) is 0 Å². The van der Waals surface area contributed by atoms with Crippen molar-refractivity contribution >= 4 is 23.5 Å². The van der Waals surface area contributed by atoms with Crippen LogP contribution in [-0.4, -0.2) is 29.4 Å². The highest BCUT2D eigenvalue weighted by Gasteiger charge is 2.24. The number of aryl methyl sites for hydroxylation is 1. The van der Waals surface area contributed by atoms with E-state index in [2.05, 4.69) is 10.3 Å². The molecule has 0 bridgehead atoms. The summed E-state index contributed by atoms with van der Waals surface area (Å²) in [6, 6.07) is 4.98. The molecule has 0 saturated heterocycles. The second-order valence-electron chi connectivity index (χ2n) is 5.75. The lowest BCUT2D eigenvalue weighted by Crippen LogP contribution is -2.14. The number of aromatic amines is 1. The van der Waals surface area contributed by atoms with Gasteiger partial charge in [-0.1, -0.05) is 0 Å². The first-order valence-corrected chi connectivity index (χ1v) is 7.90. The Morgan fingerprint density at radius 2 is 2.08 bits per heavy atom. The zero-order valence-electron chi connectivity index (χ0n) is 14.2. The Kier molecular flexibility index (Phi) is 4.31. The van der Waals surface area contributed by atoms with Crippen molar-refractivity contribution in [2.75, 3.05) is 11.9 Å². The molecule has 1 amide bonds. The van der Waals surface area contributed by atoms with Crippen LogP contribution in [0.5, 0.6) is 0 Å². The summed E-state index contributed by atoms with van der Waals surface area (Å²) >= 11 is 0. The minimum Gasteiger partial charge on any atom is -0.461 e. The van der Waals surface area contributed by atoms with Crippen molar-refractivity contribution in [3.05, 3.63) is 51.8 Å². The van der Waals surface area contributed by atoms with E-state index in [0.717, 1.165) is 5.56 Å². The Morgan fingerprint density at radius 3 is 2.80 bits per heavy atom. The molecule has 2 heterocycles. The molecule has 7 nitrogen and oxygen atoms in total. The van der Waals surface area contributed by atoms with E-state index in [1.807, 2.05) is 0 Å². The number of fused-ring (bicyclic) bond motifs is 1. The number of H-pyrrole nitrogens is 1. The topological polar surface area (TPSA) is 97.5 Å². The van der Waals surface area contributed by atoms with Gasteiger partial charge in [-0.3, -0.25) is 4.79 Å². The minimum absolute atomic E-state index is 0.201. The quantitative estimate of drug-likeness (QED) is 0.833. The second kappa shape index (κ2) is 6.43. The van der Waals surface area contributed by atoms with Gasteiger partial charge in [0.15, 0.2) is 0 Å². The monoisotopic (exact) mass is 342 g/mol. The maximum atomic E-state index is 12.6. The highest BCUT2D eigenvalue weighted by molar-refractivity contribution is 6.08. The number of ether oxygens (including phenoxy) is 2. The molecule has 1 aliphatic heterocycles. The van der Waals surface area contributed by atoms with Gasteiger partial charge in [0, 0.05) is 16.9 Å². The molecular weight excluding hydrogens is 324 g/mol. The van der Waals surface area contributed by atoms with E-state index in [-0.39, 0.29) is 30.8 Å². The first kappa shape index (κ1) is 16.8. The zero-order chi connectivity index (χ0) is 18.1. The van der Waals surface area contributed by atoms with Crippen LogP contribution in [0.2, 0.25) is 0 Å². The van der Waals surface area contributed by atoms with Gasteiger partial charge in [0.05, 0.1) is 17.7 Å². The number of anilines is 1. The average molecular weight is 342 g/mol. The fraction of sp³-hybridized carbons (Fsp3) is 0.278. The largest absolute Gasteiger partial charge is 0.461 e. The molecule has 25 heavy (non-hydrogen) atoms. The lowest BCUT2D eigenvalue weighted by molar-refractivity contribution is 0.0515. The fourth-order valence-corrected chi connectivity index (χ4v) is 2.90. The second-order valence-corrected chi connectivity index (χ2v) is 5.75. The van der Waals surface area contributed by atoms with Crippen molar-refractivity contribution in [3.63, 3.8) is 0 Å². The van der Waals surface area contributed by atoms with Crippen LogP contribution < -0.4 is 5.32 Å². The van der Waals surface area contributed by atoms with Crippen LogP contribution >= 0.6 is 0 Å². The molecule has 130 valence electrons. The van der Waals surface area contributed by atoms with E-state index in [9.17, 15) is 14.4 Å². The van der Waals surface area contributed by atoms with Crippen LogP contribution in [0, 0.1) is 13.8 Å². The lowest BCUT2D eigenvalue weighted by atomic mass is 10.1. The predicted molar refractivity (Wildman–Crippen MR) is 89.7 cm³/mol. The summed E-state index contributed by atoms with van der Waals surface area (Å²) in [5, 5.41) is 2.79. The van der Waals surface area contributed by atoms with E-state index in [0.29, 0.717) is 28.1 Å². The lowest BCUT2D eigenvalue weighted by Gasteiger charge is -2.07. The van der Waals surface area contributed by atoms with Crippen molar-refractivity contribution in [1.29, 1.82) is 0 Å². The van der Waals surface area contributed by atoms with Crippen LogP contribution in [-0.2, 0) is 16.1 Å². The minimum atomic E-state index is -0.490. The fourth-order valence-electron chi connectivity index (χ4n) is 2.90. The molecule has 7 heteroatoms. The Hall–Kier alpha value is -3.09. The number of cyclic esters (lactones) is 1. The van der Waals surface area contributed by atoms with Crippen LogP contribution in [0.1, 0.15) is 54.9 Å². The molecular formula is C18H18N2O5. The van der Waals surface area contributed by atoms with Gasteiger partial charge < -0.3 is 19.8 Å². The van der Waals surface area contributed by atoms with Gasteiger partial charge in [0.2, 0.25) is 0 Å². The third kappa shape index (κ3) is 3.00. The number of esters is 2. The summed E-state index contributed by atoms with van der Waals surface area (Å²) in [5.74, 6) is -1.19. The molecule has 0 atom stereocenters. The molecule has 1 aromatic carbocycles. The summed E-state index contributed by atoms with van der Waals surface area (Å²) < 4.78 is 9.94. The van der Waals surface area contributed by atoms with Gasteiger partial charge >= 0.3 is 11.9 Å². The molecule has 0 radical (unpaired) electrons. The van der Waals surface area contributed by atoms with Crippen molar-refractivity contribution in [3.8, 4) is 0 Å². The van der Waals surface area contributed by atoms with Crippen LogP contribution in [0.25, 0.3) is 0 Å². The smallest absolute Gasteiger partial charge is 0.355 e. The van der Waals surface area contributed by atoms with Crippen molar-refractivity contribution < 1.29 is 23.9 Å². The number of carbonyl (C=O) groups is 3. The van der Waals surface area contributed by atoms with E-state index < -0.39 is 5.97 Å². The summed E-state index contributed by atoms with van der Waals surface area (Å²) in [6.45, 7) is 5.60. The number of carbonyl (C=O) groups excluding carboxylic acids is 3. The van der Waals surface area contributed by atoms with Crippen molar-refractivity contribution in [2.45, 2.75) is 27.4 Å². The normalized spacial score (nSPS) is 12.5. The maximum Gasteiger partial charge on any atom is 0.355 e. The standard InChI is InChI=1S/C18H18N2O5/c1-4-24-18(23)15-9(2)14(10(3)19-15)16(21)20-12-5-6-13-11(7-12)8-25-17(13)22/h5-7,19H,4,8H2,1-3H3,(H,20,21). The number of amides is 1. The number of benzene rings is 1. The Labute approximate surface area is 144 Å². The zero-order valence-corrected chi connectivity index (χ0v) is 14.2. The molecule has 0 saturated carbocycles. The van der Waals surface area contributed by atoms with E-state index in [1.165, 1.54) is 0 Å². The van der Waals surface area contributed by atoms with Crippen LogP contribution in [0.15, 0.2) is 18.2 Å². The first-order valence-electron chi connectivity index (χ1n) is 7.90. The summed E-state index contributed by atoms with van der Waals surface area (Å²) in [5.41, 5.74) is 3.59. The Morgan fingerprint density at radius 1 is 1.32 bits per heavy atom. The van der Waals surface area contributed by atoms with E-state index in [1.54, 1.807) is 39.0 Å². The van der Waals surface area contributed by atoms with Gasteiger partial charge in [-0.05, 0) is 44.5 Å². The first-order chi connectivity index (χ1) is 11.9. The number of hydrogen-bond acceptors (Lipinski definition) is 5. The molecule has 0 aliphatic carbocycles. The van der Waals surface area contributed by atoms with Crippen molar-refractivity contribution in [1.82, 2.24) is 4.98 Å². The van der Waals surface area contributed by atoms with E-state index in [4.69, 9.17) is 9.47 Å². The summed E-state index contributed by atoms with van der Waals surface area (Å²) in [4.78, 5) is 39.0. The van der Waals surface area contributed by atoms with Gasteiger partial charge in [0.25, 0.3) is 5.91 Å². The molecule has 0 spiro atoms. The highest BCUT2D eigenvalue weighted by atomic mass is 16.5. The number of aromatic nitrogens is 1. The van der Waals surface area contributed by atoms with Gasteiger partial charge in [-0.2, -0.15) is 0 Å². The Balaban J connectivity index is 1.85. The average Bonchev–Trinajstić information content (AvgIpc) is 3.07. The molecule has 0 unspecified atom stereocenters. The Bertz CT molecular complexity index is 882. The summed E-state index contributed by atoms with van der Waals surface area (Å²) in [6.07, 6.45) is 0. The summed E-state index contributed by atoms with van der Waals surface area (Å²) in [7, 11) is 0. The molecule has 3 rings (SSSR count). The molecule has 0 fully saturated rings. The van der Waals surface area contributed by atoms with Gasteiger partial charge in [-0.15, -0.1) is 0 Å². The maximum absolute atomic E-state index is 12.6. The molecule has 2 N–H and O–H groups in total. The number of hydrogen-bond donors (Lipinski definition) is 2. The predicted octanol–water partition coefficient (Wildman–Crippen LogP) is 2.73. The number of nitrogens with one attached hydrogen (secondary N) is 2. The SMILES string of the molecule is CCOC(=O)c1[nH]c(C)c(C(=O)Nc2ccc3c(c2)COC3=O)c1C. The highest BCUT2D eigenvalue weighted by Crippen LogP contribution is 2.25. The third-order valence-corrected chi connectivity index (χ3v) is 4.09.